The van der Waals surface area contributed by atoms with Crippen LogP contribution in [0.3, 0.4) is 0 Å². The molecule has 0 bridgehead atoms. The van der Waals surface area contributed by atoms with E-state index in [1.54, 1.807) is 24.3 Å². The summed E-state index contributed by atoms with van der Waals surface area (Å²) in [6.45, 7) is 0. The summed E-state index contributed by atoms with van der Waals surface area (Å²) in [7, 11) is 1.49. The van der Waals surface area contributed by atoms with Crippen LogP contribution in [0.15, 0.2) is 53.5 Å². The zero-order valence-corrected chi connectivity index (χ0v) is 13.1. The second-order valence-corrected chi connectivity index (χ2v) is 5.50. The van der Waals surface area contributed by atoms with E-state index in [1.807, 2.05) is 0 Å². The van der Waals surface area contributed by atoms with Gasteiger partial charge in [0.15, 0.2) is 0 Å². The summed E-state index contributed by atoms with van der Waals surface area (Å²) >= 11 is 0. The van der Waals surface area contributed by atoms with E-state index in [9.17, 15) is 22.8 Å². The topological polar surface area (TPSA) is 49.7 Å². The molecule has 2 amide bonds. The summed E-state index contributed by atoms with van der Waals surface area (Å²) in [5.41, 5.74) is -0.283. The molecule has 4 nitrogen and oxygen atoms in total. The summed E-state index contributed by atoms with van der Waals surface area (Å²) in [4.78, 5) is 30.1. The van der Waals surface area contributed by atoms with Gasteiger partial charge in [-0.1, -0.05) is 24.3 Å². The molecular weight excluding hydrogens is 333 g/mol. The van der Waals surface area contributed by atoms with Crippen LogP contribution >= 0.6 is 0 Å². The van der Waals surface area contributed by atoms with Crippen molar-refractivity contribution in [3.8, 4) is 0 Å². The van der Waals surface area contributed by atoms with Crippen molar-refractivity contribution in [2.75, 3.05) is 11.9 Å². The molecular formula is C18H13F3N2O2. The molecule has 1 atom stereocenters. The molecule has 7 heteroatoms. The Morgan fingerprint density at radius 1 is 1.08 bits per heavy atom. The summed E-state index contributed by atoms with van der Waals surface area (Å²) in [6, 6.07) is 10.7. The highest BCUT2D eigenvalue weighted by Crippen LogP contribution is 2.35. The maximum Gasteiger partial charge on any atom is 0.416 e. The minimum absolute atomic E-state index is 0.117. The van der Waals surface area contributed by atoms with Gasteiger partial charge >= 0.3 is 6.18 Å². The maximum absolute atomic E-state index is 13.0. The first-order chi connectivity index (χ1) is 11.8. The Morgan fingerprint density at radius 2 is 1.80 bits per heavy atom. The fraction of sp³-hybridized carbons (Fsp3) is 0.167. The molecule has 0 aliphatic carbocycles. The zero-order chi connectivity index (χ0) is 18.2. The molecule has 0 aromatic heterocycles. The van der Waals surface area contributed by atoms with Gasteiger partial charge < -0.3 is 0 Å². The first-order valence-electron chi connectivity index (χ1n) is 7.41. The van der Waals surface area contributed by atoms with Gasteiger partial charge in [-0.15, -0.1) is 0 Å². The van der Waals surface area contributed by atoms with Crippen LogP contribution in [0.25, 0.3) is 0 Å². The maximum atomic E-state index is 13.0. The molecule has 0 saturated carbocycles. The van der Waals surface area contributed by atoms with E-state index in [-0.39, 0.29) is 11.3 Å². The van der Waals surface area contributed by atoms with Crippen LogP contribution in [0.5, 0.6) is 0 Å². The monoisotopic (exact) mass is 346 g/mol. The Bertz CT molecular complexity index is 875. The number of nitrogens with zero attached hydrogens (tertiary/aromatic N) is 2. The fourth-order valence-corrected chi connectivity index (χ4v) is 2.81. The molecule has 0 radical (unpaired) electrons. The summed E-state index contributed by atoms with van der Waals surface area (Å²) in [6.07, 6.45) is -3.19. The third-order valence-corrected chi connectivity index (χ3v) is 3.95. The van der Waals surface area contributed by atoms with E-state index in [1.165, 1.54) is 25.4 Å². The van der Waals surface area contributed by atoms with Gasteiger partial charge in [0.1, 0.15) is 0 Å². The van der Waals surface area contributed by atoms with Gasteiger partial charge in [-0.3, -0.25) is 14.6 Å². The Labute approximate surface area is 141 Å². The number of hydrogen-bond donors (Lipinski definition) is 0. The second-order valence-electron chi connectivity index (χ2n) is 5.50. The summed E-state index contributed by atoms with van der Waals surface area (Å²) < 4.78 is 38.9. The minimum Gasteiger partial charge on any atom is -0.300 e. The lowest BCUT2D eigenvalue weighted by molar-refractivity contribution is -0.137. The quantitative estimate of drug-likeness (QED) is 0.615. The van der Waals surface area contributed by atoms with E-state index in [0.717, 1.165) is 17.0 Å². The number of halogens is 3. The van der Waals surface area contributed by atoms with Crippen molar-refractivity contribution in [3.05, 3.63) is 65.2 Å². The highest BCUT2D eigenvalue weighted by atomic mass is 19.4. The van der Waals surface area contributed by atoms with Crippen LogP contribution in [0, 0.1) is 0 Å². The van der Waals surface area contributed by atoms with E-state index < -0.39 is 29.5 Å². The first-order valence-corrected chi connectivity index (χ1v) is 7.41. The average molecular weight is 346 g/mol. The van der Waals surface area contributed by atoms with E-state index in [2.05, 4.69) is 4.99 Å². The molecule has 2 aromatic rings. The van der Waals surface area contributed by atoms with Crippen molar-refractivity contribution in [2.45, 2.75) is 12.1 Å². The molecule has 1 aliphatic heterocycles. The van der Waals surface area contributed by atoms with Crippen molar-refractivity contribution in [1.29, 1.82) is 0 Å². The molecule has 0 N–H and O–H groups in total. The van der Waals surface area contributed by atoms with Gasteiger partial charge in [-0.05, 0) is 29.8 Å². The molecule has 3 rings (SSSR count). The molecule has 0 fully saturated rings. The van der Waals surface area contributed by atoms with Crippen molar-refractivity contribution < 1.29 is 22.8 Å². The van der Waals surface area contributed by atoms with Gasteiger partial charge in [0.25, 0.3) is 5.91 Å². The third-order valence-electron chi connectivity index (χ3n) is 3.95. The van der Waals surface area contributed by atoms with Crippen molar-refractivity contribution >= 4 is 23.7 Å². The number of alkyl halides is 3. The zero-order valence-electron chi connectivity index (χ0n) is 13.1. The fourth-order valence-electron chi connectivity index (χ4n) is 2.81. The molecule has 25 heavy (non-hydrogen) atoms. The van der Waals surface area contributed by atoms with Crippen LogP contribution in [0.1, 0.15) is 27.4 Å². The van der Waals surface area contributed by atoms with Crippen LogP contribution in [-0.4, -0.2) is 25.1 Å². The molecule has 128 valence electrons. The van der Waals surface area contributed by atoms with Crippen molar-refractivity contribution in [2.24, 2.45) is 4.99 Å². The molecule has 0 saturated heterocycles. The Morgan fingerprint density at radius 3 is 2.48 bits per heavy atom. The van der Waals surface area contributed by atoms with Crippen molar-refractivity contribution in [3.63, 3.8) is 0 Å². The van der Waals surface area contributed by atoms with Gasteiger partial charge in [0.2, 0.25) is 5.91 Å². The number of aliphatic imine (C=N–C) groups is 1. The molecule has 2 aromatic carbocycles. The van der Waals surface area contributed by atoms with Gasteiger partial charge in [0, 0.05) is 18.8 Å². The Kier molecular flexibility index (Phi) is 4.16. The molecule has 1 unspecified atom stereocenters. The summed E-state index contributed by atoms with van der Waals surface area (Å²) in [5, 5.41) is 0. The van der Waals surface area contributed by atoms with E-state index in [4.69, 9.17) is 0 Å². The predicted octanol–water partition coefficient (Wildman–Crippen LogP) is 3.68. The first kappa shape index (κ1) is 16.9. The summed E-state index contributed by atoms with van der Waals surface area (Å²) in [5.74, 6) is -2.11. The van der Waals surface area contributed by atoms with Crippen LogP contribution in [0.2, 0.25) is 0 Å². The number of anilines is 1. The average Bonchev–Trinajstić information content (AvgIpc) is 2.58. The number of carbonyl (C=O) groups is 2. The lowest BCUT2D eigenvalue weighted by Gasteiger charge is -2.31. The standard InChI is InChI=1S/C18H13F3N2O2/c1-22-10-15-13-7-2-3-8-14(13)16(24)23(17(15)25)12-6-4-5-11(9-12)18(19,20)21/h2-10,15H,1H3. The van der Waals surface area contributed by atoms with Gasteiger partial charge in [-0.25, -0.2) is 4.90 Å². The normalized spacial score (nSPS) is 17.9. The number of imide groups is 1. The predicted molar refractivity (Wildman–Crippen MR) is 86.9 cm³/mol. The lowest BCUT2D eigenvalue weighted by Crippen LogP contribution is -2.45. The third kappa shape index (κ3) is 2.93. The number of carbonyl (C=O) groups excluding carboxylic acids is 2. The molecule has 1 heterocycles. The number of hydrogen-bond acceptors (Lipinski definition) is 3. The number of amides is 2. The van der Waals surface area contributed by atoms with Crippen molar-refractivity contribution in [1.82, 2.24) is 0 Å². The molecule has 0 spiro atoms. The smallest absolute Gasteiger partial charge is 0.300 e. The van der Waals surface area contributed by atoms with Crippen LogP contribution in [0.4, 0.5) is 18.9 Å². The van der Waals surface area contributed by atoms with Gasteiger partial charge in [0.05, 0.1) is 17.2 Å². The largest absolute Gasteiger partial charge is 0.416 e. The highest BCUT2D eigenvalue weighted by molar-refractivity contribution is 6.29. The van der Waals surface area contributed by atoms with E-state index in [0.29, 0.717) is 5.56 Å². The van der Waals surface area contributed by atoms with Gasteiger partial charge in [-0.2, -0.15) is 13.2 Å². The second kappa shape index (κ2) is 6.16. The highest BCUT2D eigenvalue weighted by Gasteiger charge is 2.39. The Balaban J connectivity index is 2.15. The number of rotatable bonds is 2. The Hall–Kier alpha value is -2.96. The SMILES string of the molecule is CN=CC1C(=O)N(c2cccc(C(F)(F)F)c2)C(=O)c2ccccc21. The molecule has 1 aliphatic rings. The number of fused-ring (bicyclic) bond motifs is 1. The lowest BCUT2D eigenvalue weighted by atomic mass is 9.89. The van der Waals surface area contributed by atoms with E-state index >= 15 is 0 Å². The number of benzene rings is 2. The van der Waals surface area contributed by atoms with Crippen LogP contribution < -0.4 is 4.90 Å². The minimum atomic E-state index is -4.57. The van der Waals surface area contributed by atoms with Crippen LogP contribution in [-0.2, 0) is 11.0 Å².